The summed E-state index contributed by atoms with van der Waals surface area (Å²) < 4.78 is 13.4. The molecule has 0 amide bonds. The fourth-order valence-corrected chi connectivity index (χ4v) is 3.19. The van der Waals surface area contributed by atoms with Gasteiger partial charge in [-0.15, -0.1) is 0 Å². The maximum absolute atomic E-state index is 13.4. The molecule has 3 heteroatoms. The molecule has 3 rings (SSSR count). The zero-order valence-corrected chi connectivity index (χ0v) is 12.2. The zero-order chi connectivity index (χ0) is 14.8. The van der Waals surface area contributed by atoms with Crippen LogP contribution in [-0.4, -0.2) is 23.1 Å². The number of likely N-dealkylation sites (tertiary alicyclic amines) is 1. The lowest BCUT2D eigenvalue weighted by Gasteiger charge is -2.25. The molecule has 2 unspecified atom stereocenters. The highest BCUT2D eigenvalue weighted by Crippen LogP contribution is 2.35. The minimum atomic E-state index is -0.298. The van der Waals surface area contributed by atoms with Crippen molar-refractivity contribution in [1.82, 2.24) is 4.90 Å². The molecule has 1 fully saturated rings. The van der Waals surface area contributed by atoms with E-state index in [1.165, 1.54) is 23.8 Å². The predicted molar refractivity (Wildman–Crippen MR) is 81.9 cm³/mol. The molecule has 0 saturated carbocycles. The topological polar surface area (TPSA) is 23.5 Å². The van der Waals surface area contributed by atoms with Crippen molar-refractivity contribution in [3.63, 3.8) is 0 Å². The molecule has 1 N–H and O–H groups in total. The van der Waals surface area contributed by atoms with Crippen LogP contribution >= 0.6 is 0 Å². The first-order valence-electron chi connectivity index (χ1n) is 7.42. The van der Waals surface area contributed by atoms with Crippen molar-refractivity contribution in [3.8, 4) is 5.75 Å². The van der Waals surface area contributed by atoms with E-state index in [2.05, 4.69) is 29.2 Å². The molecule has 2 aromatic rings. The van der Waals surface area contributed by atoms with E-state index in [1.54, 1.807) is 0 Å². The van der Waals surface area contributed by atoms with Gasteiger partial charge in [-0.05, 0) is 49.6 Å². The smallest absolute Gasteiger partial charge is 0.123 e. The first kappa shape index (κ1) is 14.1. The minimum Gasteiger partial charge on any atom is -0.508 e. The number of hydrogen-bond donors (Lipinski definition) is 1. The first-order chi connectivity index (χ1) is 10.1. The number of aromatic hydroxyl groups is 1. The molecule has 2 nitrogen and oxygen atoms in total. The van der Waals surface area contributed by atoms with Crippen LogP contribution in [0.5, 0.6) is 5.75 Å². The van der Waals surface area contributed by atoms with Gasteiger partial charge in [-0.25, -0.2) is 4.39 Å². The number of nitrogens with zero attached hydrogens (tertiary/aromatic N) is 1. The summed E-state index contributed by atoms with van der Waals surface area (Å²) in [7, 11) is 0. The van der Waals surface area contributed by atoms with Crippen LogP contribution in [0.4, 0.5) is 4.39 Å². The van der Waals surface area contributed by atoms with Crippen LogP contribution in [0.2, 0.25) is 0 Å². The highest BCUT2D eigenvalue weighted by molar-refractivity contribution is 5.35. The van der Waals surface area contributed by atoms with Crippen LogP contribution < -0.4 is 0 Å². The number of phenols is 1. The van der Waals surface area contributed by atoms with E-state index >= 15 is 0 Å². The first-order valence-corrected chi connectivity index (χ1v) is 7.42. The lowest BCUT2D eigenvalue weighted by atomic mass is 9.98. The van der Waals surface area contributed by atoms with E-state index in [-0.39, 0.29) is 17.6 Å². The molecule has 0 spiro atoms. The van der Waals surface area contributed by atoms with Crippen molar-refractivity contribution in [2.75, 3.05) is 13.1 Å². The van der Waals surface area contributed by atoms with Gasteiger partial charge in [-0.2, -0.15) is 0 Å². The van der Waals surface area contributed by atoms with Crippen molar-refractivity contribution in [1.29, 1.82) is 0 Å². The number of benzene rings is 2. The molecule has 21 heavy (non-hydrogen) atoms. The summed E-state index contributed by atoms with van der Waals surface area (Å²) >= 11 is 0. The number of rotatable bonds is 3. The zero-order valence-electron chi connectivity index (χ0n) is 12.2. The number of halogens is 1. The molecule has 2 aromatic carbocycles. The molecule has 1 aliphatic rings. The highest BCUT2D eigenvalue weighted by atomic mass is 19.1. The van der Waals surface area contributed by atoms with Gasteiger partial charge in [0.15, 0.2) is 0 Å². The lowest BCUT2D eigenvalue weighted by Crippen LogP contribution is -2.24. The van der Waals surface area contributed by atoms with Crippen LogP contribution in [0.3, 0.4) is 0 Å². The molecular weight excluding hydrogens is 265 g/mol. The van der Waals surface area contributed by atoms with E-state index in [0.717, 1.165) is 19.5 Å². The van der Waals surface area contributed by atoms with Gasteiger partial charge in [0.2, 0.25) is 0 Å². The second kappa shape index (κ2) is 5.86. The van der Waals surface area contributed by atoms with Gasteiger partial charge in [0.1, 0.15) is 11.6 Å². The SMILES string of the molecule is CC(c1cc(F)ccc1O)N1CCC(c2ccccc2)C1. The molecule has 1 aliphatic heterocycles. The average Bonchev–Trinajstić information content (AvgIpc) is 3.00. The fourth-order valence-electron chi connectivity index (χ4n) is 3.19. The normalized spacial score (nSPS) is 20.6. The van der Waals surface area contributed by atoms with Gasteiger partial charge >= 0.3 is 0 Å². The van der Waals surface area contributed by atoms with Crippen LogP contribution in [0.15, 0.2) is 48.5 Å². The summed E-state index contributed by atoms with van der Waals surface area (Å²) in [6.45, 7) is 3.94. The molecular formula is C18H20FNO. The highest BCUT2D eigenvalue weighted by Gasteiger charge is 2.28. The Morgan fingerprint density at radius 2 is 1.95 bits per heavy atom. The van der Waals surface area contributed by atoms with E-state index in [0.29, 0.717) is 11.5 Å². The number of phenolic OH excluding ortho intramolecular Hbond substituents is 1. The summed E-state index contributed by atoms with van der Waals surface area (Å²) in [4.78, 5) is 2.31. The van der Waals surface area contributed by atoms with E-state index < -0.39 is 0 Å². The summed E-state index contributed by atoms with van der Waals surface area (Å²) in [6, 6.07) is 14.7. The third kappa shape index (κ3) is 2.93. The Morgan fingerprint density at radius 3 is 2.71 bits per heavy atom. The Morgan fingerprint density at radius 1 is 1.19 bits per heavy atom. The molecule has 0 radical (unpaired) electrons. The molecule has 1 saturated heterocycles. The molecule has 0 aromatic heterocycles. The van der Waals surface area contributed by atoms with Crippen LogP contribution in [0.25, 0.3) is 0 Å². The van der Waals surface area contributed by atoms with Crippen LogP contribution in [0, 0.1) is 5.82 Å². The van der Waals surface area contributed by atoms with Gasteiger partial charge in [-0.1, -0.05) is 30.3 Å². The maximum Gasteiger partial charge on any atom is 0.123 e. The quantitative estimate of drug-likeness (QED) is 0.918. The Kier molecular flexibility index (Phi) is 3.93. The van der Waals surface area contributed by atoms with Crippen LogP contribution in [-0.2, 0) is 0 Å². The average molecular weight is 285 g/mol. The Bertz CT molecular complexity index is 614. The molecule has 2 atom stereocenters. The van der Waals surface area contributed by atoms with Gasteiger partial charge in [-0.3, -0.25) is 4.90 Å². The molecule has 110 valence electrons. The van der Waals surface area contributed by atoms with Gasteiger partial charge in [0.25, 0.3) is 0 Å². The molecule has 0 bridgehead atoms. The van der Waals surface area contributed by atoms with Crippen LogP contribution in [0.1, 0.15) is 36.4 Å². The van der Waals surface area contributed by atoms with Crippen molar-refractivity contribution in [2.24, 2.45) is 0 Å². The van der Waals surface area contributed by atoms with Crippen molar-refractivity contribution in [3.05, 3.63) is 65.5 Å². The standard InChI is InChI=1S/C18H20FNO/c1-13(17-11-16(19)7-8-18(17)21)20-10-9-15(12-20)14-5-3-2-4-6-14/h2-8,11,13,15,21H,9-10,12H2,1H3. The third-order valence-electron chi connectivity index (χ3n) is 4.48. The van der Waals surface area contributed by atoms with E-state index in [4.69, 9.17) is 0 Å². The Balaban J connectivity index is 1.75. The van der Waals surface area contributed by atoms with E-state index in [1.807, 2.05) is 13.0 Å². The second-order valence-electron chi connectivity index (χ2n) is 5.77. The van der Waals surface area contributed by atoms with Crippen molar-refractivity contribution >= 4 is 0 Å². The lowest BCUT2D eigenvalue weighted by molar-refractivity contribution is 0.254. The Hall–Kier alpha value is -1.87. The monoisotopic (exact) mass is 285 g/mol. The second-order valence-corrected chi connectivity index (χ2v) is 5.77. The maximum atomic E-state index is 13.4. The molecule has 1 heterocycles. The summed E-state index contributed by atoms with van der Waals surface area (Å²) in [6.07, 6.45) is 1.10. The van der Waals surface area contributed by atoms with Gasteiger partial charge in [0.05, 0.1) is 0 Å². The third-order valence-corrected chi connectivity index (χ3v) is 4.48. The summed E-state index contributed by atoms with van der Waals surface area (Å²) in [5, 5.41) is 9.96. The van der Waals surface area contributed by atoms with Gasteiger partial charge in [0, 0.05) is 18.2 Å². The van der Waals surface area contributed by atoms with E-state index in [9.17, 15) is 9.50 Å². The van der Waals surface area contributed by atoms with Gasteiger partial charge < -0.3 is 5.11 Å². The molecule has 0 aliphatic carbocycles. The van der Waals surface area contributed by atoms with Crippen molar-refractivity contribution in [2.45, 2.75) is 25.3 Å². The fraction of sp³-hybridized carbons (Fsp3) is 0.333. The summed E-state index contributed by atoms with van der Waals surface area (Å²) in [5.74, 6) is 0.393. The van der Waals surface area contributed by atoms with Crippen molar-refractivity contribution < 1.29 is 9.50 Å². The minimum absolute atomic E-state index is 0.0226. The Labute approximate surface area is 124 Å². The number of hydrogen-bond acceptors (Lipinski definition) is 2. The largest absolute Gasteiger partial charge is 0.508 e. The summed E-state index contributed by atoms with van der Waals surface area (Å²) in [5.41, 5.74) is 2.03. The predicted octanol–water partition coefficient (Wildman–Crippen LogP) is 4.08.